The molecule has 0 radical (unpaired) electrons. The fourth-order valence-corrected chi connectivity index (χ4v) is 4.65. The first-order valence-electron chi connectivity index (χ1n) is 10.0. The molecule has 0 aliphatic rings. The van der Waals surface area contributed by atoms with Crippen molar-refractivity contribution in [2.75, 3.05) is 7.11 Å². The molecule has 0 saturated carbocycles. The average molecular weight is 457 g/mol. The third-order valence-electron chi connectivity index (χ3n) is 4.89. The van der Waals surface area contributed by atoms with E-state index in [1.54, 1.807) is 31.2 Å². The van der Waals surface area contributed by atoms with Crippen molar-refractivity contribution in [3.8, 4) is 5.75 Å². The van der Waals surface area contributed by atoms with Gasteiger partial charge in [0.15, 0.2) is 0 Å². The summed E-state index contributed by atoms with van der Waals surface area (Å²) in [5, 5.41) is 2.73. The molecule has 0 spiro atoms. The quantitative estimate of drug-likeness (QED) is 0.517. The van der Waals surface area contributed by atoms with E-state index in [1.807, 2.05) is 30.3 Å². The van der Waals surface area contributed by atoms with Crippen molar-refractivity contribution >= 4 is 15.9 Å². The molecule has 2 N–H and O–H groups in total. The van der Waals surface area contributed by atoms with Gasteiger partial charge in [-0.3, -0.25) is 4.79 Å². The predicted octanol–water partition coefficient (Wildman–Crippen LogP) is 3.35. The second-order valence-electron chi connectivity index (χ2n) is 7.36. The largest absolute Gasteiger partial charge is 0.495 e. The number of sulfonamides is 1. The zero-order valence-corrected chi connectivity index (χ0v) is 18.7. The van der Waals surface area contributed by atoms with Gasteiger partial charge in [0.1, 0.15) is 22.5 Å². The molecule has 32 heavy (non-hydrogen) atoms. The molecule has 0 saturated heterocycles. The van der Waals surface area contributed by atoms with E-state index in [0.717, 1.165) is 11.1 Å². The maximum atomic E-state index is 13.2. The van der Waals surface area contributed by atoms with Crippen LogP contribution in [-0.4, -0.2) is 27.5 Å². The van der Waals surface area contributed by atoms with Gasteiger partial charge in [-0.1, -0.05) is 48.5 Å². The van der Waals surface area contributed by atoms with Gasteiger partial charge in [0.2, 0.25) is 15.9 Å². The second kappa shape index (κ2) is 10.4. The fraction of sp³-hybridized carbons (Fsp3) is 0.208. The summed E-state index contributed by atoms with van der Waals surface area (Å²) < 4.78 is 47.2. The van der Waals surface area contributed by atoms with Crippen molar-refractivity contribution in [3.63, 3.8) is 0 Å². The maximum absolute atomic E-state index is 13.2. The lowest BCUT2D eigenvalue weighted by molar-refractivity contribution is -0.122. The number of hydrogen-bond acceptors (Lipinski definition) is 4. The summed E-state index contributed by atoms with van der Waals surface area (Å²) in [5.74, 6) is -0.677. The first-order chi connectivity index (χ1) is 15.3. The number of halogens is 1. The lowest BCUT2D eigenvalue weighted by Crippen LogP contribution is -2.47. The highest BCUT2D eigenvalue weighted by Gasteiger charge is 2.28. The minimum Gasteiger partial charge on any atom is -0.495 e. The highest BCUT2D eigenvalue weighted by atomic mass is 32.2. The molecule has 0 aliphatic carbocycles. The molecule has 3 aromatic carbocycles. The Morgan fingerprint density at radius 2 is 1.69 bits per heavy atom. The first-order valence-corrected chi connectivity index (χ1v) is 11.5. The van der Waals surface area contributed by atoms with Crippen LogP contribution in [-0.2, 0) is 27.8 Å². The standard InChI is InChI=1S/C24H25FN2O4S/c1-17-8-13-22(31-2)23(14-17)32(29,30)27-21(15-18-6-4-3-5-7-18)24(28)26-16-19-9-11-20(25)12-10-19/h3-14,21,27H,15-16H2,1-2H3,(H,26,28)/t21-/m0/s1. The fourth-order valence-electron chi connectivity index (χ4n) is 3.20. The molecular weight excluding hydrogens is 431 g/mol. The zero-order valence-electron chi connectivity index (χ0n) is 17.8. The van der Waals surface area contributed by atoms with Crippen molar-refractivity contribution in [2.24, 2.45) is 0 Å². The van der Waals surface area contributed by atoms with Gasteiger partial charge in [-0.05, 0) is 54.3 Å². The van der Waals surface area contributed by atoms with Gasteiger partial charge < -0.3 is 10.1 Å². The third kappa shape index (κ3) is 6.15. The Hall–Kier alpha value is -3.23. The summed E-state index contributed by atoms with van der Waals surface area (Å²) in [6.45, 7) is 1.91. The summed E-state index contributed by atoms with van der Waals surface area (Å²) in [4.78, 5) is 12.9. The molecule has 0 aliphatic heterocycles. The number of methoxy groups -OCH3 is 1. The summed E-state index contributed by atoms with van der Waals surface area (Å²) in [7, 11) is -2.67. The van der Waals surface area contributed by atoms with Gasteiger partial charge in [0, 0.05) is 6.54 Å². The molecule has 0 heterocycles. The number of nitrogens with one attached hydrogen (secondary N) is 2. The average Bonchev–Trinajstić information content (AvgIpc) is 2.78. The first kappa shape index (κ1) is 23.4. The molecule has 3 aromatic rings. The Kier molecular flexibility index (Phi) is 7.61. The third-order valence-corrected chi connectivity index (χ3v) is 6.38. The number of rotatable bonds is 9. The number of carbonyl (C=O) groups is 1. The van der Waals surface area contributed by atoms with E-state index in [2.05, 4.69) is 10.0 Å². The smallest absolute Gasteiger partial charge is 0.244 e. The second-order valence-corrected chi connectivity index (χ2v) is 9.04. The maximum Gasteiger partial charge on any atom is 0.244 e. The van der Waals surface area contributed by atoms with Gasteiger partial charge in [-0.2, -0.15) is 4.72 Å². The van der Waals surface area contributed by atoms with E-state index in [4.69, 9.17) is 4.74 Å². The monoisotopic (exact) mass is 456 g/mol. The zero-order chi connectivity index (χ0) is 23.1. The minimum atomic E-state index is -4.06. The van der Waals surface area contributed by atoms with Gasteiger partial charge in [-0.15, -0.1) is 0 Å². The molecule has 6 nitrogen and oxygen atoms in total. The Morgan fingerprint density at radius 3 is 2.34 bits per heavy atom. The summed E-state index contributed by atoms with van der Waals surface area (Å²) in [6, 6.07) is 18.6. The van der Waals surface area contributed by atoms with Crippen LogP contribution < -0.4 is 14.8 Å². The molecule has 1 amide bonds. The van der Waals surface area contributed by atoms with E-state index in [0.29, 0.717) is 5.56 Å². The number of benzene rings is 3. The lowest BCUT2D eigenvalue weighted by atomic mass is 10.1. The van der Waals surface area contributed by atoms with Gasteiger partial charge >= 0.3 is 0 Å². The van der Waals surface area contributed by atoms with Crippen LogP contribution in [0.3, 0.4) is 0 Å². The van der Waals surface area contributed by atoms with Crippen molar-refractivity contribution < 1.29 is 22.3 Å². The molecule has 1 atom stereocenters. The van der Waals surface area contributed by atoms with E-state index in [-0.39, 0.29) is 29.4 Å². The van der Waals surface area contributed by atoms with Crippen LogP contribution in [0.1, 0.15) is 16.7 Å². The topological polar surface area (TPSA) is 84.5 Å². The molecular formula is C24H25FN2O4S. The highest BCUT2D eigenvalue weighted by Crippen LogP contribution is 2.25. The molecule has 0 unspecified atom stereocenters. The molecule has 0 fully saturated rings. The Labute approximate surface area is 187 Å². The number of carbonyl (C=O) groups excluding carboxylic acids is 1. The summed E-state index contributed by atoms with van der Waals surface area (Å²) in [5.41, 5.74) is 2.24. The Bertz CT molecular complexity index is 1170. The SMILES string of the molecule is COc1ccc(C)cc1S(=O)(=O)N[C@@H](Cc1ccccc1)C(=O)NCc1ccc(F)cc1. The van der Waals surface area contributed by atoms with Gasteiger partial charge in [0.25, 0.3) is 0 Å². The number of amides is 1. The van der Waals surface area contributed by atoms with E-state index in [9.17, 15) is 17.6 Å². The van der Waals surface area contributed by atoms with Crippen molar-refractivity contribution in [3.05, 3.63) is 95.3 Å². The van der Waals surface area contributed by atoms with Crippen molar-refractivity contribution in [1.29, 1.82) is 0 Å². The van der Waals surface area contributed by atoms with Crippen LogP contribution in [0, 0.1) is 12.7 Å². The van der Waals surface area contributed by atoms with E-state index < -0.39 is 22.0 Å². The lowest BCUT2D eigenvalue weighted by Gasteiger charge is -2.20. The molecule has 0 aromatic heterocycles. The van der Waals surface area contributed by atoms with Gasteiger partial charge in [0.05, 0.1) is 7.11 Å². The Balaban J connectivity index is 1.84. The Morgan fingerprint density at radius 1 is 1.00 bits per heavy atom. The van der Waals surface area contributed by atoms with Crippen LogP contribution in [0.2, 0.25) is 0 Å². The normalized spacial score (nSPS) is 12.2. The van der Waals surface area contributed by atoms with Crippen LogP contribution in [0.15, 0.2) is 77.7 Å². The minimum absolute atomic E-state index is 0.0376. The highest BCUT2D eigenvalue weighted by molar-refractivity contribution is 7.89. The van der Waals surface area contributed by atoms with Crippen LogP contribution >= 0.6 is 0 Å². The van der Waals surface area contributed by atoms with Gasteiger partial charge in [-0.25, -0.2) is 12.8 Å². The number of ether oxygens (including phenoxy) is 1. The predicted molar refractivity (Wildman–Crippen MR) is 120 cm³/mol. The molecule has 168 valence electrons. The summed E-state index contributed by atoms with van der Waals surface area (Å²) >= 11 is 0. The molecule has 3 rings (SSSR count). The molecule has 0 bridgehead atoms. The van der Waals surface area contributed by atoms with E-state index in [1.165, 1.54) is 25.3 Å². The van der Waals surface area contributed by atoms with Crippen LogP contribution in [0.5, 0.6) is 5.75 Å². The number of aryl methyl sites for hydroxylation is 1. The summed E-state index contributed by atoms with van der Waals surface area (Å²) in [6.07, 6.45) is 0.156. The van der Waals surface area contributed by atoms with Crippen LogP contribution in [0.25, 0.3) is 0 Å². The molecule has 8 heteroatoms. The van der Waals surface area contributed by atoms with Crippen LogP contribution in [0.4, 0.5) is 4.39 Å². The number of hydrogen-bond donors (Lipinski definition) is 2. The van der Waals surface area contributed by atoms with E-state index >= 15 is 0 Å². The van der Waals surface area contributed by atoms with Crippen molar-refractivity contribution in [2.45, 2.75) is 30.8 Å². The van der Waals surface area contributed by atoms with Crippen molar-refractivity contribution in [1.82, 2.24) is 10.0 Å².